The number of hydrogen-bond acceptors (Lipinski definition) is 6. The number of carbonyl (C=O) groups is 1. The Morgan fingerprint density at radius 3 is 2.65 bits per heavy atom. The van der Waals surface area contributed by atoms with Crippen LogP contribution >= 0.6 is 11.6 Å². The van der Waals surface area contributed by atoms with E-state index in [-0.39, 0.29) is 17.5 Å². The van der Waals surface area contributed by atoms with E-state index in [9.17, 15) is 9.90 Å². The molecule has 1 saturated heterocycles. The number of fused-ring (bicyclic) bond motifs is 2. The second-order valence-electron chi connectivity index (χ2n) is 10.4. The SMILES string of the molecule is CC1(C)CCN(CC(NC(=O)C(F)(F)c2cc3cc(Cl)ccc3o2)C(O)c2ccc3c(c2)OCCO3)C1. The van der Waals surface area contributed by atoms with Crippen molar-refractivity contribution in [3.63, 3.8) is 0 Å². The van der Waals surface area contributed by atoms with Crippen molar-refractivity contribution >= 4 is 28.5 Å². The zero-order chi connectivity index (χ0) is 26.4. The number of carbonyl (C=O) groups excluding carboxylic acids is 1. The van der Waals surface area contributed by atoms with Gasteiger partial charge in [-0.2, -0.15) is 8.78 Å². The molecule has 2 unspecified atom stereocenters. The smallest absolute Gasteiger partial charge is 0.380 e. The highest BCUT2D eigenvalue weighted by Crippen LogP contribution is 2.37. The van der Waals surface area contributed by atoms with Gasteiger partial charge in [0, 0.05) is 23.5 Å². The van der Waals surface area contributed by atoms with Crippen LogP contribution in [0.1, 0.15) is 37.7 Å². The molecule has 0 saturated carbocycles. The van der Waals surface area contributed by atoms with E-state index in [1.165, 1.54) is 18.2 Å². The molecule has 2 aromatic carbocycles. The molecule has 7 nitrogen and oxygen atoms in total. The molecule has 1 fully saturated rings. The first kappa shape index (κ1) is 25.8. The van der Waals surface area contributed by atoms with E-state index in [4.69, 9.17) is 25.5 Å². The van der Waals surface area contributed by atoms with Crippen LogP contribution in [-0.2, 0) is 10.7 Å². The maximum atomic E-state index is 15.3. The lowest BCUT2D eigenvalue weighted by Crippen LogP contribution is -2.51. The minimum atomic E-state index is -3.97. The van der Waals surface area contributed by atoms with Crippen molar-refractivity contribution in [2.75, 3.05) is 32.8 Å². The van der Waals surface area contributed by atoms with E-state index in [2.05, 4.69) is 24.1 Å². The van der Waals surface area contributed by atoms with E-state index < -0.39 is 29.7 Å². The fourth-order valence-corrected chi connectivity index (χ4v) is 5.08. The first-order valence-corrected chi connectivity index (χ1v) is 12.6. The molecule has 1 amide bonds. The summed E-state index contributed by atoms with van der Waals surface area (Å²) in [6, 6.07) is 9.50. The molecule has 5 rings (SSSR count). The average Bonchev–Trinajstić information content (AvgIpc) is 3.45. The van der Waals surface area contributed by atoms with E-state index in [0.717, 1.165) is 19.0 Å². The summed E-state index contributed by atoms with van der Waals surface area (Å²) in [4.78, 5) is 15.0. The van der Waals surface area contributed by atoms with Gasteiger partial charge in [-0.3, -0.25) is 4.79 Å². The maximum absolute atomic E-state index is 15.3. The Labute approximate surface area is 218 Å². The third-order valence-corrected chi connectivity index (χ3v) is 7.12. The van der Waals surface area contributed by atoms with Crippen LogP contribution in [0.5, 0.6) is 11.5 Å². The van der Waals surface area contributed by atoms with Crippen molar-refractivity contribution in [2.45, 2.75) is 38.3 Å². The van der Waals surface area contributed by atoms with Gasteiger partial charge in [0.2, 0.25) is 0 Å². The van der Waals surface area contributed by atoms with Crippen molar-refractivity contribution in [1.29, 1.82) is 0 Å². The minimum Gasteiger partial charge on any atom is -0.486 e. The number of alkyl halides is 2. The minimum absolute atomic E-state index is 0.0516. The molecule has 0 radical (unpaired) electrons. The molecule has 3 aromatic rings. The van der Waals surface area contributed by atoms with Gasteiger partial charge in [-0.25, -0.2) is 0 Å². The van der Waals surface area contributed by atoms with Crippen LogP contribution in [-0.4, -0.2) is 54.8 Å². The molecule has 0 bridgehead atoms. The van der Waals surface area contributed by atoms with Gasteiger partial charge in [0.05, 0.1) is 6.04 Å². The van der Waals surface area contributed by atoms with Crippen LogP contribution in [0, 0.1) is 5.41 Å². The van der Waals surface area contributed by atoms with Gasteiger partial charge in [0.25, 0.3) is 5.91 Å². The van der Waals surface area contributed by atoms with Gasteiger partial charge in [-0.1, -0.05) is 31.5 Å². The van der Waals surface area contributed by atoms with Crippen molar-refractivity contribution in [3.8, 4) is 11.5 Å². The molecular formula is C27H29ClF2N2O5. The van der Waals surface area contributed by atoms with Gasteiger partial charge in [-0.05, 0) is 60.3 Å². The molecule has 0 spiro atoms. The monoisotopic (exact) mass is 534 g/mol. The fraction of sp³-hybridized carbons (Fsp3) is 0.444. The van der Waals surface area contributed by atoms with Crippen molar-refractivity contribution in [2.24, 2.45) is 5.41 Å². The van der Waals surface area contributed by atoms with Gasteiger partial charge < -0.3 is 29.2 Å². The van der Waals surface area contributed by atoms with Crippen LogP contribution in [0.4, 0.5) is 8.78 Å². The number of benzene rings is 2. The number of hydrogen-bond donors (Lipinski definition) is 2. The topological polar surface area (TPSA) is 84.2 Å². The zero-order valence-electron chi connectivity index (χ0n) is 20.6. The highest BCUT2D eigenvalue weighted by Gasteiger charge is 2.46. The summed E-state index contributed by atoms with van der Waals surface area (Å²) in [5, 5.41) is 14.4. The number of nitrogens with one attached hydrogen (secondary N) is 1. The van der Waals surface area contributed by atoms with E-state index >= 15 is 8.78 Å². The molecular weight excluding hydrogens is 506 g/mol. The largest absolute Gasteiger partial charge is 0.486 e. The van der Waals surface area contributed by atoms with E-state index in [1.54, 1.807) is 18.2 Å². The molecule has 2 aliphatic heterocycles. The van der Waals surface area contributed by atoms with Crippen molar-refractivity contribution in [1.82, 2.24) is 10.2 Å². The van der Waals surface area contributed by atoms with Crippen LogP contribution in [0.15, 0.2) is 46.9 Å². The van der Waals surface area contributed by atoms with E-state index in [1.807, 2.05) is 0 Å². The molecule has 2 atom stereocenters. The number of aliphatic hydroxyl groups is 1. The lowest BCUT2D eigenvalue weighted by atomic mass is 9.93. The summed E-state index contributed by atoms with van der Waals surface area (Å²) in [7, 11) is 0. The summed E-state index contributed by atoms with van der Waals surface area (Å²) in [6.07, 6.45) is -0.348. The number of ether oxygens (including phenoxy) is 2. The van der Waals surface area contributed by atoms with Crippen LogP contribution < -0.4 is 14.8 Å². The molecule has 37 heavy (non-hydrogen) atoms. The second-order valence-corrected chi connectivity index (χ2v) is 10.9. The quantitative estimate of drug-likeness (QED) is 0.448. The average molecular weight is 535 g/mol. The number of amides is 1. The summed E-state index contributed by atoms with van der Waals surface area (Å²) in [5.41, 5.74) is 0.671. The van der Waals surface area contributed by atoms with Gasteiger partial charge in [0.15, 0.2) is 17.3 Å². The number of rotatable bonds is 7. The molecule has 2 N–H and O–H groups in total. The number of aliphatic hydroxyl groups excluding tert-OH is 1. The Hall–Kier alpha value is -2.88. The summed E-state index contributed by atoms with van der Waals surface area (Å²) >= 11 is 5.95. The summed E-state index contributed by atoms with van der Waals surface area (Å²) < 4.78 is 47.0. The number of furan rings is 1. The Morgan fingerprint density at radius 1 is 1.16 bits per heavy atom. The van der Waals surface area contributed by atoms with Gasteiger partial charge in [-0.15, -0.1) is 0 Å². The molecule has 198 valence electrons. The third-order valence-electron chi connectivity index (χ3n) is 6.89. The second kappa shape index (κ2) is 9.78. The highest BCUT2D eigenvalue weighted by atomic mass is 35.5. The van der Waals surface area contributed by atoms with Crippen LogP contribution in [0.25, 0.3) is 11.0 Å². The van der Waals surface area contributed by atoms with Gasteiger partial charge in [0.1, 0.15) is 24.9 Å². The Morgan fingerprint density at radius 2 is 1.92 bits per heavy atom. The Balaban J connectivity index is 1.40. The van der Waals surface area contributed by atoms with Crippen LogP contribution in [0.2, 0.25) is 5.02 Å². The lowest BCUT2D eigenvalue weighted by Gasteiger charge is -2.31. The van der Waals surface area contributed by atoms with Crippen molar-refractivity contribution < 1.29 is 32.6 Å². The molecule has 1 aromatic heterocycles. The van der Waals surface area contributed by atoms with E-state index in [0.29, 0.717) is 47.2 Å². The molecule has 3 heterocycles. The van der Waals surface area contributed by atoms with Crippen molar-refractivity contribution in [3.05, 3.63) is 58.8 Å². The molecule has 2 aliphatic rings. The molecule has 10 heteroatoms. The molecule has 0 aliphatic carbocycles. The predicted molar refractivity (Wildman–Crippen MR) is 134 cm³/mol. The zero-order valence-corrected chi connectivity index (χ0v) is 21.4. The summed E-state index contributed by atoms with van der Waals surface area (Å²) in [5.74, 6) is -5.32. The highest BCUT2D eigenvalue weighted by molar-refractivity contribution is 6.31. The first-order chi connectivity index (χ1) is 17.5. The fourth-order valence-electron chi connectivity index (χ4n) is 4.90. The van der Waals surface area contributed by atoms with Gasteiger partial charge >= 0.3 is 5.92 Å². The summed E-state index contributed by atoms with van der Waals surface area (Å²) in [6.45, 7) is 6.67. The standard InChI is InChI=1S/C27H29ClF2N2O5/c1-26(2)7-8-32(15-26)14-19(24(33)16-3-5-21-22(12-16)36-10-9-35-21)31-25(34)27(29,30)23-13-17-11-18(28)4-6-20(17)37-23/h3-6,11-13,19,24,33H,7-10,14-15H2,1-2H3,(H,31,34). The predicted octanol–water partition coefficient (Wildman–Crippen LogP) is 4.90. The number of nitrogens with zero attached hydrogens (tertiary/aromatic N) is 1. The number of likely N-dealkylation sites (tertiary alicyclic amines) is 1. The Bertz CT molecular complexity index is 1310. The number of halogens is 3. The van der Waals surface area contributed by atoms with Crippen LogP contribution in [0.3, 0.4) is 0 Å². The maximum Gasteiger partial charge on any atom is 0.380 e. The normalized spacial score (nSPS) is 19.1. The Kier molecular flexibility index (Phi) is 6.81. The first-order valence-electron chi connectivity index (χ1n) is 12.2. The lowest BCUT2D eigenvalue weighted by molar-refractivity contribution is -0.151. The third kappa shape index (κ3) is 5.39.